The second kappa shape index (κ2) is 6.49. The molecule has 0 amide bonds. The normalized spacial score (nSPS) is 20.2. The van der Waals surface area contributed by atoms with E-state index in [-0.39, 0.29) is 5.69 Å². The van der Waals surface area contributed by atoms with Crippen LogP contribution in [0.4, 0.5) is 5.69 Å². The van der Waals surface area contributed by atoms with Gasteiger partial charge in [0, 0.05) is 44.4 Å². The van der Waals surface area contributed by atoms with Gasteiger partial charge in [0.15, 0.2) is 0 Å². The Balaban J connectivity index is 1.74. The third kappa shape index (κ3) is 4.18. The van der Waals surface area contributed by atoms with Gasteiger partial charge in [0.05, 0.1) is 4.92 Å². The molecule has 1 aromatic carbocycles. The van der Waals surface area contributed by atoms with E-state index < -0.39 is 4.92 Å². The van der Waals surface area contributed by atoms with E-state index in [2.05, 4.69) is 17.1 Å². The fourth-order valence-electron chi connectivity index (χ4n) is 2.17. The number of hydrogen-bond donors (Lipinski definition) is 1. The summed E-state index contributed by atoms with van der Waals surface area (Å²) in [7, 11) is 0. The predicted octanol–water partition coefficient (Wildman–Crippen LogP) is 1.27. The van der Waals surface area contributed by atoms with Crippen molar-refractivity contribution in [1.29, 1.82) is 0 Å². The van der Waals surface area contributed by atoms with E-state index in [1.54, 1.807) is 12.1 Å². The molecule has 0 radical (unpaired) electrons. The Morgan fingerprint density at radius 2 is 2.21 bits per heavy atom. The Kier molecular flexibility index (Phi) is 4.70. The summed E-state index contributed by atoms with van der Waals surface area (Å²) in [6.07, 6.45) is 0. The van der Waals surface area contributed by atoms with Crippen LogP contribution >= 0.6 is 0 Å². The summed E-state index contributed by atoms with van der Waals surface area (Å²) < 4.78 is 5.59. The largest absolute Gasteiger partial charge is 0.492 e. The van der Waals surface area contributed by atoms with Gasteiger partial charge >= 0.3 is 0 Å². The Bertz CT molecular complexity index is 422. The maximum atomic E-state index is 10.5. The van der Waals surface area contributed by atoms with E-state index in [1.165, 1.54) is 12.1 Å². The molecule has 6 heteroatoms. The third-order valence-corrected chi connectivity index (χ3v) is 3.18. The molecule has 1 heterocycles. The SMILES string of the molecule is C[C@H]1CN(CCOc2ccc([N+](=O)[O-])cc2)CCN1. The standard InChI is InChI=1S/C13H19N3O3/c1-11-10-15(7-6-14-11)8-9-19-13-4-2-12(3-5-13)16(17)18/h2-5,11,14H,6-10H2,1H3/t11-/m0/s1. The number of hydrogen-bond acceptors (Lipinski definition) is 5. The molecule has 0 aromatic heterocycles. The summed E-state index contributed by atoms with van der Waals surface area (Å²) >= 11 is 0. The zero-order chi connectivity index (χ0) is 13.7. The number of piperazine rings is 1. The Labute approximate surface area is 112 Å². The lowest BCUT2D eigenvalue weighted by Gasteiger charge is -2.31. The number of rotatable bonds is 5. The molecule has 1 aromatic rings. The van der Waals surface area contributed by atoms with Gasteiger partial charge in [-0.25, -0.2) is 0 Å². The lowest BCUT2D eigenvalue weighted by atomic mass is 10.2. The number of nitrogens with zero attached hydrogens (tertiary/aromatic N) is 2. The molecule has 1 fully saturated rings. The lowest BCUT2D eigenvalue weighted by Crippen LogP contribution is -2.50. The highest BCUT2D eigenvalue weighted by Gasteiger charge is 2.14. The molecule has 1 saturated heterocycles. The molecule has 1 aliphatic rings. The first-order valence-electron chi connectivity index (χ1n) is 6.48. The number of non-ortho nitro benzene ring substituents is 1. The third-order valence-electron chi connectivity index (χ3n) is 3.18. The van der Waals surface area contributed by atoms with Gasteiger partial charge < -0.3 is 10.1 Å². The zero-order valence-electron chi connectivity index (χ0n) is 11.0. The van der Waals surface area contributed by atoms with Crippen LogP contribution in [0.1, 0.15) is 6.92 Å². The van der Waals surface area contributed by atoms with Crippen LogP contribution in [0.15, 0.2) is 24.3 Å². The van der Waals surface area contributed by atoms with Gasteiger partial charge in [0.25, 0.3) is 5.69 Å². The quantitative estimate of drug-likeness (QED) is 0.641. The van der Waals surface area contributed by atoms with Crippen molar-refractivity contribution in [3.63, 3.8) is 0 Å². The van der Waals surface area contributed by atoms with Crippen molar-refractivity contribution in [2.75, 3.05) is 32.8 Å². The van der Waals surface area contributed by atoms with Gasteiger partial charge in [-0.1, -0.05) is 0 Å². The summed E-state index contributed by atoms with van der Waals surface area (Å²) in [5.41, 5.74) is 0.0864. The molecule has 1 aliphatic heterocycles. The minimum absolute atomic E-state index is 0.0864. The van der Waals surface area contributed by atoms with Crippen LogP contribution in [0.25, 0.3) is 0 Å². The molecule has 104 valence electrons. The van der Waals surface area contributed by atoms with Crippen molar-refractivity contribution < 1.29 is 9.66 Å². The van der Waals surface area contributed by atoms with Crippen molar-refractivity contribution in [1.82, 2.24) is 10.2 Å². The van der Waals surface area contributed by atoms with Gasteiger partial charge in [-0.05, 0) is 19.1 Å². The first-order valence-corrected chi connectivity index (χ1v) is 6.48. The molecule has 6 nitrogen and oxygen atoms in total. The Morgan fingerprint density at radius 3 is 2.84 bits per heavy atom. The predicted molar refractivity (Wildman–Crippen MR) is 72.5 cm³/mol. The van der Waals surface area contributed by atoms with E-state index in [9.17, 15) is 10.1 Å². The van der Waals surface area contributed by atoms with Crippen LogP contribution in [-0.4, -0.2) is 48.7 Å². The second-order valence-corrected chi connectivity index (χ2v) is 4.76. The molecule has 0 spiro atoms. The maximum absolute atomic E-state index is 10.5. The monoisotopic (exact) mass is 265 g/mol. The summed E-state index contributed by atoms with van der Waals surface area (Å²) in [5, 5.41) is 13.9. The average molecular weight is 265 g/mol. The van der Waals surface area contributed by atoms with E-state index >= 15 is 0 Å². The fourth-order valence-corrected chi connectivity index (χ4v) is 2.17. The van der Waals surface area contributed by atoms with Crippen LogP contribution < -0.4 is 10.1 Å². The summed E-state index contributed by atoms with van der Waals surface area (Å²) in [6, 6.07) is 6.72. The lowest BCUT2D eigenvalue weighted by molar-refractivity contribution is -0.384. The second-order valence-electron chi connectivity index (χ2n) is 4.76. The first kappa shape index (κ1) is 13.8. The number of ether oxygens (including phenoxy) is 1. The van der Waals surface area contributed by atoms with Crippen molar-refractivity contribution >= 4 is 5.69 Å². The van der Waals surface area contributed by atoms with Gasteiger partial charge in [-0.3, -0.25) is 15.0 Å². The molecular formula is C13H19N3O3. The highest BCUT2D eigenvalue weighted by molar-refractivity contribution is 5.35. The van der Waals surface area contributed by atoms with Crippen LogP contribution in [0.3, 0.4) is 0 Å². The van der Waals surface area contributed by atoms with E-state index in [0.29, 0.717) is 18.4 Å². The van der Waals surface area contributed by atoms with Gasteiger partial charge in [0.2, 0.25) is 0 Å². The Hall–Kier alpha value is -1.66. The molecule has 0 aliphatic carbocycles. The van der Waals surface area contributed by atoms with Gasteiger partial charge in [0.1, 0.15) is 12.4 Å². The van der Waals surface area contributed by atoms with E-state index in [4.69, 9.17) is 4.74 Å². The van der Waals surface area contributed by atoms with Crippen molar-refractivity contribution in [3.05, 3.63) is 34.4 Å². The van der Waals surface area contributed by atoms with Crippen molar-refractivity contribution in [2.24, 2.45) is 0 Å². The summed E-state index contributed by atoms with van der Waals surface area (Å²) in [5.74, 6) is 0.675. The molecule has 1 N–H and O–H groups in total. The summed E-state index contributed by atoms with van der Waals surface area (Å²) in [6.45, 7) is 6.73. The zero-order valence-corrected chi connectivity index (χ0v) is 11.0. The molecule has 2 rings (SSSR count). The van der Waals surface area contributed by atoms with E-state index in [0.717, 1.165) is 26.2 Å². The van der Waals surface area contributed by atoms with Crippen molar-refractivity contribution in [3.8, 4) is 5.75 Å². The highest BCUT2D eigenvalue weighted by Crippen LogP contribution is 2.17. The molecule has 1 atom stereocenters. The minimum atomic E-state index is -0.411. The van der Waals surface area contributed by atoms with Gasteiger partial charge in [-0.2, -0.15) is 0 Å². The van der Waals surface area contributed by atoms with Crippen LogP contribution in [0.2, 0.25) is 0 Å². The Morgan fingerprint density at radius 1 is 1.47 bits per heavy atom. The molecule has 19 heavy (non-hydrogen) atoms. The van der Waals surface area contributed by atoms with Gasteiger partial charge in [-0.15, -0.1) is 0 Å². The van der Waals surface area contributed by atoms with E-state index in [1.807, 2.05) is 0 Å². The fraction of sp³-hybridized carbons (Fsp3) is 0.538. The molecule has 0 saturated carbocycles. The number of nitro benzene ring substituents is 1. The maximum Gasteiger partial charge on any atom is 0.269 e. The molecular weight excluding hydrogens is 246 g/mol. The topological polar surface area (TPSA) is 67.6 Å². The summed E-state index contributed by atoms with van der Waals surface area (Å²) in [4.78, 5) is 12.5. The first-order chi connectivity index (χ1) is 9.15. The van der Waals surface area contributed by atoms with Crippen molar-refractivity contribution in [2.45, 2.75) is 13.0 Å². The average Bonchev–Trinajstić information content (AvgIpc) is 2.39. The molecule has 0 unspecified atom stereocenters. The van der Waals surface area contributed by atoms with Crippen LogP contribution in [0.5, 0.6) is 5.75 Å². The number of nitro groups is 1. The smallest absolute Gasteiger partial charge is 0.269 e. The highest BCUT2D eigenvalue weighted by atomic mass is 16.6. The minimum Gasteiger partial charge on any atom is -0.492 e. The van der Waals surface area contributed by atoms with Crippen LogP contribution in [0, 0.1) is 10.1 Å². The number of benzene rings is 1. The molecule has 0 bridgehead atoms. The number of nitrogens with one attached hydrogen (secondary N) is 1. The van der Waals surface area contributed by atoms with Crippen LogP contribution in [-0.2, 0) is 0 Å².